The van der Waals surface area contributed by atoms with Crippen LogP contribution < -0.4 is 10.6 Å². The second kappa shape index (κ2) is 5.14. The lowest BCUT2D eigenvalue weighted by molar-refractivity contribution is -0.0117. The quantitative estimate of drug-likeness (QED) is 0.760. The molecular formula is C16H22N4O2. The van der Waals surface area contributed by atoms with Crippen molar-refractivity contribution in [2.75, 3.05) is 57.1 Å². The lowest BCUT2D eigenvalue weighted by atomic mass is 10.0. The first-order valence-corrected chi connectivity index (χ1v) is 7.88. The van der Waals surface area contributed by atoms with E-state index in [1.54, 1.807) is 4.90 Å². The Morgan fingerprint density at radius 1 is 1.27 bits per heavy atom. The third-order valence-corrected chi connectivity index (χ3v) is 5.05. The molecule has 118 valence electrons. The maximum atomic E-state index is 12.3. The minimum atomic E-state index is 0.0361. The molecule has 6 heteroatoms. The molecule has 3 heterocycles. The molecule has 0 bridgehead atoms. The van der Waals surface area contributed by atoms with Crippen LogP contribution in [-0.2, 0) is 11.3 Å². The van der Waals surface area contributed by atoms with Gasteiger partial charge in [0.1, 0.15) is 0 Å². The van der Waals surface area contributed by atoms with Crippen LogP contribution in [0.3, 0.4) is 0 Å². The number of benzene rings is 1. The molecule has 2 fully saturated rings. The van der Waals surface area contributed by atoms with Crippen molar-refractivity contribution in [3.63, 3.8) is 0 Å². The summed E-state index contributed by atoms with van der Waals surface area (Å²) in [6.07, 6.45) is 0. The fourth-order valence-corrected chi connectivity index (χ4v) is 3.83. The van der Waals surface area contributed by atoms with Crippen LogP contribution >= 0.6 is 0 Å². The molecule has 1 amide bonds. The van der Waals surface area contributed by atoms with Gasteiger partial charge in [-0.1, -0.05) is 0 Å². The lowest BCUT2D eigenvalue weighted by Gasteiger charge is -2.45. The summed E-state index contributed by atoms with van der Waals surface area (Å²) >= 11 is 0. The first-order valence-electron chi connectivity index (χ1n) is 7.88. The van der Waals surface area contributed by atoms with Crippen LogP contribution in [0.1, 0.15) is 15.9 Å². The number of amides is 1. The Labute approximate surface area is 130 Å². The van der Waals surface area contributed by atoms with Crippen LogP contribution in [0.5, 0.6) is 0 Å². The number of carbonyl (C=O) groups is 1. The first-order chi connectivity index (χ1) is 10.6. The lowest BCUT2D eigenvalue weighted by Crippen LogP contribution is -2.58. The molecule has 1 atom stereocenters. The van der Waals surface area contributed by atoms with Gasteiger partial charge in [0.25, 0.3) is 5.91 Å². The standard InChI is InChI=1S/C16H22N4O2/c1-18-9-12-14(3-2-13(17)15(12)16(18)21)20-5-4-19-6-7-22-10-11(19)8-20/h2-3,11H,4-10,17H2,1H3. The van der Waals surface area contributed by atoms with Gasteiger partial charge in [-0.3, -0.25) is 9.69 Å². The molecule has 0 saturated carbocycles. The van der Waals surface area contributed by atoms with Gasteiger partial charge in [-0.15, -0.1) is 0 Å². The summed E-state index contributed by atoms with van der Waals surface area (Å²) in [6, 6.07) is 4.39. The number of ether oxygens (including phenoxy) is 1. The molecule has 0 radical (unpaired) electrons. The number of hydrogen-bond donors (Lipinski definition) is 1. The van der Waals surface area contributed by atoms with Gasteiger partial charge in [-0.25, -0.2) is 0 Å². The van der Waals surface area contributed by atoms with E-state index in [0.29, 0.717) is 23.8 Å². The van der Waals surface area contributed by atoms with Gasteiger partial charge in [0.15, 0.2) is 0 Å². The summed E-state index contributed by atoms with van der Waals surface area (Å²) in [7, 11) is 1.83. The van der Waals surface area contributed by atoms with E-state index in [1.165, 1.54) is 0 Å². The van der Waals surface area contributed by atoms with Gasteiger partial charge in [0.05, 0.1) is 24.8 Å². The molecule has 4 rings (SSSR count). The minimum Gasteiger partial charge on any atom is -0.398 e. The fraction of sp³-hybridized carbons (Fsp3) is 0.562. The normalized spacial score (nSPS) is 25.3. The second-order valence-electron chi connectivity index (χ2n) is 6.40. The van der Waals surface area contributed by atoms with E-state index in [4.69, 9.17) is 10.5 Å². The van der Waals surface area contributed by atoms with Crippen molar-refractivity contribution >= 4 is 17.3 Å². The Balaban J connectivity index is 1.65. The number of anilines is 2. The molecule has 3 aliphatic heterocycles. The van der Waals surface area contributed by atoms with Crippen molar-refractivity contribution in [2.45, 2.75) is 12.6 Å². The average molecular weight is 302 g/mol. The summed E-state index contributed by atoms with van der Waals surface area (Å²) < 4.78 is 5.62. The highest BCUT2D eigenvalue weighted by molar-refractivity contribution is 6.04. The Kier molecular flexibility index (Phi) is 3.23. The number of carbonyl (C=O) groups excluding carboxylic acids is 1. The number of hydrogen-bond acceptors (Lipinski definition) is 5. The summed E-state index contributed by atoms with van der Waals surface area (Å²) in [5, 5.41) is 0. The van der Waals surface area contributed by atoms with E-state index in [2.05, 4.69) is 15.9 Å². The predicted molar refractivity (Wildman–Crippen MR) is 85.0 cm³/mol. The number of nitrogen functional groups attached to an aromatic ring is 1. The van der Waals surface area contributed by atoms with Crippen LogP contribution in [0, 0.1) is 0 Å². The third-order valence-electron chi connectivity index (χ3n) is 5.05. The van der Waals surface area contributed by atoms with E-state index >= 15 is 0 Å². The minimum absolute atomic E-state index is 0.0361. The van der Waals surface area contributed by atoms with Gasteiger partial charge in [0.2, 0.25) is 0 Å². The van der Waals surface area contributed by atoms with E-state index in [-0.39, 0.29) is 5.91 Å². The van der Waals surface area contributed by atoms with Crippen molar-refractivity contribution in [3.05, 3.63) is 23.3 Å². The highest BCUT2D eigenvalue weighted by Gasteiger charge is 2.34. The van der Waals surface area contributed by atoms with Gasteiger partial charge in [-0.2, -0.15) is 0 Å². The zero-order chi connectivity index (χ0) is 15.3. The van der Waals surface area contributed by atoms with E-state index in [0.717, 1.165) is 50.6 Å². The van der Waals surface area contributed by atoms with Crippen LogP contribution in [0.15, 0.2) is 12.1 Å². The summed E-state index contributed by atoms with van der Waals surface area (Å²) in [4.78, 5) is 18.9. The topological polar surface area (TPSA) is 62.0 Å². The van der Waals surface area contributed by atoms with Crippen LogP contribution in [0.25, 0.3) is 0 Å². The first kappa shape index (κ1) is 13.8. The molecule has 1 unspecified atom stereocenters. The van der Waals surface area contributed by atoms with E-state index in [1.807, 2.05) is 13.1 Å². The summed E-state index contributed by atoms with van der Waals surface area (Å²) in [6.45, 7) is 6.31. The number of nitrogens with two attached hydrogens (primary N) is 1. The van der Waals surface area contributed by atoms with Crippen LogP contribution in [0.4, 0.5) is 11.4 Å². The Bertz CT molecular complexity index is 618. The van der Waals surface area contributed by atoms with Crippen molar-refractivity contribution in [2.24, 2.45) is 0 Å². The Morgan fingerprint density at radius 2 is 2.14 bits per heavy atom. The fourth-order valence-electron chi connectivity index (χ4n) is 3.83. The number of rotatable bonds is 1. The number of nitrogens with zero attached hydrogens (tertiary/aromatic N) is 3. The molecule has 2 N–H and O–H groups in total. The number of piperazine rings is 1. The number of fused-ring (bicyclic) bond motifs is 2. The highest BCUT2D eigenvalue weighted by Crippen LogP contribution is 2.35. The van der Waals surface area contributed by atoms with Gasteiger partial charge >= 0.3 is 0 Å². The Hall–Kier alpha value is -1.79. The molecule has 22 heavy (non-hydrogen) atoms. The SMILES string of the molecule is CN1Cc2c(N3CCN4CCOCC4C3)ccc(N)c2C1=O. The molecule has 2 saturated heterocycles. The maximum absolute atomic E-state index is 12.3. The highest BCUT2D eigenvalue weighted by atomic mass is 16.5. The maximum Gasteiger partial charge on any atom is 0.256 e. The van der Waals surface area contributed by atoms with Crippen molar-refractivity contribution in [1.82, 2.24) is 9.80 Å². The summed E-state index contributed by atoms with van der Waals surface area (Å²) in [5.74, 6) is 0.0361. The van der Waals surface area contributed by atoms with Crippen molar-refractivity contribution in [1.29, 1.82) is 0 Å². The average Bonchev–Trinajstić information content (AvgIpc) is 2.83. The molecule has 1 aromatic carbocycles. The van der Waals surface area contributed by atoms with Crippen LogP contribution in [0.2, 0.25) is 0 Å². The molecular weight excluding hydrogens is 280 g/mol. The van der Waals surface area contributed by atoms with Crippen molar-refractivity contribution < 1.29 is 9.53 Å². The van der Waals surface area contributed by atoms with Gasteiger partial charge < -0.3 is 20.3 Å². The number of morpholine rings is 1. The largest absolute Gasteiger partial charge is 0.398 e. The summed E-state index contributed by atoms with van der Waals surface area (Å²) in [5.41, 5.74) is 9.56. The van der Waals surface area contributed by atoms with Crippen molar-refractivity contribution in [3.8, 4) is 0 Å². The van der Waals surface area contributed by atoms with Crippen LogP contribution in [-0.4, -0.2) is 68.2 Å². The Morgan fingerprint density at radius 3 is 3.00 bits per heavy atom. The molecule has 3 aliphatic rings. The molecule has 0 aliphatic carbocycles. The molecule has 0 spiro atoms. The molecule has 6 nitrogen and oxygen atoms in total. The van der Waals surface area contributed by atoms with Gasteiger partial charge in [-0.05, 0) is 12.1 Å². The molecule has 0 aromatic heterocycles. The smallest absolute Gasteiger partial charge is 0.256 e. The zero-order valence-corrected chi connectivity index (χ0v) is 12.9. The van der Waals surface area contributed by atoms with E-state index < -0.39 is 0 Å². The zero-order valence-electron chi connectivity index (χ0n) is 12.9. The third kappa shape index (κ3) is 2.06. The monoisotopic (exact) mass is 302 g/mol. The predicted octanol–water partition coefficient (Wildman–Crippen LogP) is 0.375. The second-order valence-corrected chi connectivity index (χ2v) is 6.40. The van der Waals surface area contributed by atoms with E-state index in [9.17, 15) is 4.79 Å². The molecule has 1 aromatic rings. The van der Waals surface area contributed by atoms with Gasteiger partial charge in [0, 0.05) is 56.7 Å².